The maximum Gasteiger partial charge on any atom is 0.287 e. The Bertz CT molecular complexity index is 694. The van der Waals surface area contributed by atoms with Crippen molar-refractivity contribution >= 4 is 27.6 Å². The second-order valence-electron chi connectivity index (χ2n) is 5.11. The summed E-state index contributed by atoms with van der Waals surface area (Å²) in [6.45, 7) is 1.87. The molecule has 0 saturated carbocycles. The van der Waals surface area contributed by atoms with Gasteiger partial charge in [0.25, 0.3) is 10.9 Å². The second-order valence-corrected chi connectivity index (χ2v) is 6.49. The van der Waals surface area contributed by atoms with Crippen LogP contribution in [0.25, 0.3) is 11.1 Å². The van der Waals surface area contributed by atoms with E-state index in [-0.39, 0.29) is 10.9 Å². The van der Waals surface area contributed by atoms with Gasteiger partial charge in [0.15, 0.2) is 5.58 Å². The monoisotopic (exact) mass is 309 g/mol. The summed E-state index contributed by atoms with van der Waals surface area (Å²) < 4.78 is 17.7. The van der Waals surface area contributed by atoms with E-state index >= 15 is 0 Å². The van der Waals surface area contributed by atoms with Crippen molar-refractivity contribution in [3.8, 4) is 0 Å². The van der Waals surface area contributed by atoms with Crippen LogP contribution in [0, 0.1) is 16.0 Å². The Morgan fingerprint density at radius 3 is 3.10 bits per heavy atom. The number of hydrogen-bond donors (Lipinski definition) is 1. The predicted molar refractivity (Wildman–Crippen MR) is 77.5 cm³/mol. The highest BCUT2D eigenvalue weighted by molar-refractivity contribution is 7.84. The number of hydrogen-bond acceptors (Lipinski definition) is 6. The second kappa shape index (κ2) is 5.90. The summed E-state index contributed by atoms with van der Waals surface area (Å²) in [7, 11) is -1.32. The van der Waals surface area contributed by atoms with Gasteiger partial charge in [-0.05, 0) is 37.9 Å². The van der Waals surface area contributed by atoms with Gasteiger partial charge in [-0.2, -0.15) is 0 Å². The third-order valence-corrected chi connectivity index (χ3v) is 4.88. The van der Waals surface area contributed by atoms with E-state index in [2.05, 4.69) is 10.3 Å². The Hall–Kier alpha value is -1.80. The molecule has 112 valence electrons. The van der Waals surface area contributed by atoms with E-state index < -0.39 is 15.7 Å². The van der Waals surface area contributed by atoms with Crippen LogP contribution in [0.4, 0.5) is 5.69 Å². The maximum absolute atomic E-state index is 12.3. The molecule has 8 heteroatoms. The number of fused-ring (bicyclic) bond motifs is 1. The van der Waals surface area contributed by atoms with Crippen molar-refractivity contribution in [1.29, 1.82) is 0 Å². The standard InChI is InChI=1S/C13H15N3O4S/c17-16(18)10-3-4-12-11(6-10)15-13(20-12)21(19)8-9-2-1-5-14-7-9/h3-4,6,9,14H,1-2,5,7-8H2/t9-,21-/m0/s1. The van der Waals surface area contributed by atoms with Gasteiger partial charge in [-0.1, -0.05) is 0 Å². The number of non-ortho nitro benzene ring substituents is 1. The molecule has 0 radical (unpaired) electrons. The lowest BCUT2D eigenvalue weighted by Gasteiger charge is -2.21. The highest BCUT2D eigenvalue weighted by Crippen LogP contribution is 2.24. The lowest BCUT2D eigenvalue weighted by Crippen LogP contribution is -2.32. The maximum atomic E-state index is 12.3. The molecule has 0 unspecified atom stereocenters. The van der Waals surface area contributed by atoms with Gasteiger partial charge in [0.05, 0.1) is 4.92 Å². The normalized spacial score (nSPS) is 20.5. The molecule has 21 heavy (non-hydrogen) atoms. The van der Waals surface area contributed by atoms with E-state index in [4.69, 9.17) is 4.42 Å². The van der Waals surface area contributed by atoms with E-state index in [9.17, 15) is 14.3 Å². The van der Waals surface area contributed by atoms with Crippen LogP contribution >= 0.6 is 0 Å². The summed E-state index contributed by atoms with van der Waals surface area (Å²) in [5, 5.41) is 14.2. The van der Waals surface area contributed by atoms with Gasteiger partial charge in [-0.25, -0.2) is 9.19 Å². The first kappa shape index (κ1) is 14.2. The van der Waals surface area contributed by atoms with Crippen LogP contribution in [-0.4, -0.2) is 33.0 Å². The molecule has 2 atom stereocenters. The smallest absolute Gasteiger partial charge is 0.287 e. The van der Waals surface area contributed by atoms with Crippen molar-refractivity contribution in [2.75, 3.05) is 18.8 Å². The number of nitro benzene ring substituents is 1. The Kier molecular flexibility index (Phi) is 3.98. The molecule has 2 aromatic rings. The molecular weight excluding hydrogens is 294 g/mol. The molecule has 7 nitrogen and oxygen atoms in total. The molecule has 1 aliphatic rings. The van der Waals surface area contributed by atoms with Crippen molar-refractivity contribution in [2.24, 2.45) is 5.92 Å². The first-order chi connectivity index (χ1) is 10.1. The minimum atomic E-state index is -1.32. The van der Waals surface area contributed by atoms with Gasteiger partial charge < -0.3 is 9.73 Å². The molecule has 1 saturated heterocycles. The minimum Gasteiger partial charge on any atom is -0.430 e. The molecule has 1 fully saturated rings. The topological polar surface area (TPSA) is 98.3 Å². The van der Waals surface area contributed by atoms with Gasteiger partial charge in [0.1, 0.15) is 16.3 Å². The molecular formula is C13H15N3O4S. The van der Waals surface area contributed by atoms with Crippen molar-refractivity contribution < 1.29 is 13.5 Å². The lowest BCUT2D eigenvalue weighted by molar-refractivity contribution is -0.384. The summed E-state index contributed by atoms with van der Waals surface area (Å²) in [6, 6.07) is 4.18. The summed E-state index contributed by atoms with van der Waals surface area (Å²) in [6.07, 6.45) is 2.13. The molecule has 2 heterocycles. The number of nitrogens with zero attached hydrogens (tertiary/aromatic N) is 2. The van der Waals surface area contributed by atoms with Gasteiger partial charge in [-0.15, -0.1) is 0 Å². The fourth-order valence-electron chi connectivity index (χ4n) is 2.46. The number of rotatable bonds is 4. The molecule has 0 amide bonds. The number of oxazole rings is 1. The van der Waals surface area contributed by atoms with Crippen LogP contribution in [0.2, 0.25) is 0 Å². The van der Waals surface area contributed by atoms with Crippen LogP contribution < -0.4 is 5.32 Å². The van der Waals surface area contributed by atoms with Gasteiger partial charge in [0.2, 0.25) is 0 Å². The number of aromatic nitrogens is 1. The highest BCUT2D eigenvalue weighted by Gasteiger charge is 2.21. The van der Waals surface area contributed by atoms with Crippen LogP contribution in [0.1, 0.15) is 12.8 Å². The van der Waals surface area contributed by atoms with Gasteiger partial charge in [0, 0.05) is 17.9 Å². The Morgan fingerprint density at radius 2 is 2.38 bits per heavy atom. The molecule has 0 bridgehead atoms. The van der Waals surface area contributed by atoms with E-state index in [1.54, 1.807) is 0 Å². The van der Waals surface area contributed by atoms with E-state index in [1.807, 2.05) is 0 Å². The van der Waals surface area contributed by atoms with E-state index in [1.165, 1.54) is 18.2 Å². The summed E-state index contributed by atoms with van der Waals surface area (Å²) in [5.41, 5.74) is 0.740. The number of benzene rings is 1. The fourth-order valence-corrected chi connectivity index (χ4v) is 3.70. The third kappa shape index (κ3) is 3.11. The van der Waals surface area contributed by atoms with E-state index in [0.717, 1.165) is 25.9 Å². The number of nitrogens with one attached hydrogen (secondary N) is 1. The van der Waals surface area contributed by atoms with Crippen molar-refractivity contribution in [3.05, 3.63) is 28.3 Å². The fraction of sp³-hybridized carbons (Fsp3) is 0.462. The predicted octanol–water partition coefficient (Wildman–Crippen LogP) is 1.84. The van der Waals surface area contributed by atoms with Crippen LogP contribution in [0.15, 0.2) is 27.8 Å². The first-order valence-electron chi connectivity index (χ1n) is 6.77. The van der Waals surface area contributed by atoms with Crippen molar-refractivity contribution in [3.63, 3.8) is 0 Å². The Morgan fingerprint density at radius 1 is 1.52 bits per heavy atom. The zero-order valence-electron chi connectivity index (χ0n) is 11.3. The SMILES string of the molecule is O=[N+]([O-])c1ccc2oc([S@@](=O)C[C@H]3CCCNC3)nc2c1. The van der Waals surface area contributed by atoms with Crippen LogP contribution in [-0.2, 0) is 10.8 Å². The zero-order valence-corrected chi connectivity index (χ0v) is 12.1. The van der Waals surface area contributed by atoms with Gasteiger partial charge in [-0.3, -0.25) is 10.1 Å². The lowest BCUT2D eigenvalue weighted by atomic mass is 10.0. The van der Waals surface area contributed by atoms with Gasteiger partial charge >= 0.3 is 0 Å². The largest absolute Gasteiger partial charge is 0.430 e. The molecule has 0 aliphatic carbocycles. The summed E-state index contributed by atoms with van der Waals surface area (Å²) in [5.74, 6) is 0.853. The van der Waals surface area contributed by atoms with E-state index in [0.29, 0.717) is 22.8 Å². The third-order valence-electron chi connectivity index (χ3n) is 3.54. The average Bonchev–Trinajstić information content (AvgIpc) is 2.91. The minimum absolute atomic E-state index is 0.0513. The van der Waals surface area contributed by atoms with Crippen LogP contribution in [0.5, 0.6) is 0 Å². The number of nitro groups is 1. The average molecular weight is 309 g/mol. The molecule has 1 aliphatic heterocycles. The Labute approximate surface area is 123 Å². The molecule has 1 aromatic heterocycles. The summed E-state index contributed by atoms with van der Waals surface area (Å²) in [4.78, 5) is 14.4. The molecule has 0 spiro atoms. The van der Waals surface area contributed by atoms with Crippen LogP contribution in [0.3, 0.4) is 0 Å². The molecule has 1 aromatic carbocycles. The molecule has 3 rings (SSSR count). The summed E-state index contributed by atoms with van der Waals surface area (Å²) >= 11 is 0. The number of piperidine rings is 1. The Balaban J connectivity index is 1.79. The van der Waals surface area contributed by atoms with Crippen molar-refractivity contribution in [1.82, 2.24) is 10.3 Å². The quantitative estimate of drug-likeness (QED) is 0.683. The van der Waals surface area contributed by atoms with Crippen molar-refractivity contribution in [2.45, 2.75) is 18.1 Å². The zero-order chi connectivity index (χ0) is 14.8. The molecule has 1 N–H and O–H groups in total. The highest BCUT2D eigenvalue weighted by atomic mass is 32.2. The first-order valence-corrected chi connectivity index (χ1v) is 8.09.